The van der Waals surface area contributed by atoms with Gasteiger partial charge in [0.15, 0.2) is 0 Å². The first-order valence-corrected chi connectivity index (χ1v) is 6.37. The maximum Gasteiger partial charge on any atom is 0.223 e. The smallest absolute Gasteiger partial charge is 0.223 e. The van der Waals surface area contributed by atoms with Crippen molar-refractivity contribution in [2.75, 3.05) is 13.1 Å². The minimum Gasteiger partial charge on any atom is -0.342 e. The van der Waals surface area contributed by atoms with E-state index in [2.05, 4.69) is 11.8 Å². The Balaban J connectivity index is 2.36. The SMILES string of the molecule is CC(C)C(=O)CCC(=O)N1CCC#CCCC1. The van der Waals surface area contributed by atoms with Crippen LogP contribution in [-0.4, -0.2) is 29.7 Å². The van der Waals surface area contributed by atoms with Gasteiger partial charge in [-0.2, -0.15) is 0 Å². The second-order valence-electron chi connectivity index (χ2n) is 4.71. The maximum atomic E-state index is 11.9. The topological polar surface area (TPSA) is 37.4 Å². The predicted molar refractivity (Wildman–Crippen MR) is 67.3 cm³/mol. The third-order valence-corrected chi connectivity index (χ3v) is 2.94. The zero-order chi connectivity index (χ0) is 12.7. The lowest BCUT2D eigenvalue weighted by molar-refractivity contribution is -0.133. The van der Waals surface area contributed by atoms with Crippen LogP contribution in [0.4, 0.5) is 0 Å². The fourth-order valence-corrected chi connectivity index (χ4v) is 1.76. The lowest BCUT2D eigenvalue weighted by Gasteiger charge is -2.22. The van der Waals surface area contributed by atoms with Crippen molar-refractivity contribution in [2.45, 2.75) is 46.0 Å². The third kappa shape index (κ3) is 5.04. The van der Waals surface area contributed by atoms with E-state index in [0.717, 1.165) is 25.8 Å². The summed E-state index contributed by atoms with van der Waals surface area (Å²) in [5, 5.41) is 0. The Morgan fingerprint density at radius 2 is 1.82 bits per heavy atom. The molecule has 0 bridgehead atoms. The van der Waals surface area contributed by atoms with E-state index in [0.29, 0.717) is 19.4 Å². The van der Waals surface area contributed by atoms with Gasteiger partial charge < -0.3 is 4.90 Å². The van der Waals surface area contributed by atoms with Crippen molar-refractivity contribution in [1.82, 2.24) is 4.90 Å². The average Bonchev–Trinajstić information content (AvgIpc) is 2.24. The van der Waals surface area contributed by atoms with Gasteiger partial charge in [-0.15, -0.1) is 11.8 Å². The van der Waals surface area contributed by atoms with Crippen LogP contribution in [0.15, 0.2) is 0 Å². The Morgan fingerprint density at radius 3 is 2.53 bits per heavy atom. The molecule has 0 aromatic carbocycles. The van der Waals surface area contributed by atoms with Crippen molar-refractivity contribution in [3.05, 3.63) is 0 Å². The first-order valence-electron chi connectivity index (χ1n) is 6.37. The molecule has 0 fully saturated rings. The number of ketones is 1. The molecule has 0 aliphatic carbocycles. The highest BCUT2D eigenvalue weighted by molar-refractivity contribution is 5.86. The molecule has 94 valence electrons. The molecular weight excluding hydrogens is 214 g/mol. The van der Waals surface area contributed by atoms with Crippen molar-refractivity contribution in [2.24, 2.45) is 5.92 Å². The summed E-state index contributed by atoms with van der Waals surface area (Å²) in [5.74, 6) is 6.41. The van der Waals surface area contributed by atoms with Crippen molar-refractivity contribution in [1.29, 1.82) is 0 Å². The van der Waals surface area contributed by atoms with E-state index >= 15 is 0 Å². The minimum absolute atomic E-state index is 0.0287. The molecule has 3 nitrogen and oxygen atoms in total. The summed E-state index contributed by atoms with van der Waals surface area (Å²) in [7, 11) is 0. The second-order valence-corrected chi connectivity index (χ2v) is 4.71. The van der Waals surface area contributed by atoms with Gasteiger partial charge in [0, 0.05) is 44.7 Å². The molecule has 0 aromatic rings. The van der Waals surface area contributed by atoms with Gasteiger partial charge in [-0.3, -0.25) is 9.59 Å². The van der Waals surface area contributed by atoms with E-state index in [9.17, 15) is 9.59 Å². The van der Waals surface area contributed by atoms with Gasteiger partial charge in [-0.25, -0.2) is 0 Å². The normalized spacial score (nSPS) is 15.8. The number of Topliss-reactive ketones (excluding diaryl/α,β-unsaturated/α-hetero) is 1. The fraction of sp³-hybridized carbons (Fsp3) is 0.714. The molecule has 0 saturated carbocycles. The molecule has 0 saturated heterocycles. The van der Waals surface area contributed by atoms with Gasteiger partial charge in [0.25, 0.3) is 0 Å². The first-order chi connectivity index (χ1) is 8.11. The van der Waals surface area contributed by atoms with Gasteiger partial charge in [-0.05, 0) is 6.42 Å². The largest absolute Gasteiger partial charge is 0.342 e. The molecule has 0 spiro atoms. The summed E-state index contributed by atoms with van der Waals surface area (Å²) < 4.78 is 0. The summed E-state index contributed by atoms with van der Waals surface area (Å²) in [4.78, 5) is 25.2. The van der Waals surface area contributed by atoms with Crippen LogP contribution in [0.5, 0.6) is 0 Å². The number of carbonyl (C=O) groups excluding carboxylic acids is 2. The molecule has 17 heavy (non-hydrogen) atoms. The number of carbonyl (C=O) groups is 2. The Bertz CT molecular complexity index is 336. The lowest BCUT2D eigenvalue weighted by Crippen LogP contribution is -2.33. The molecule has 0 radical (unpaired) electrons. The Labute approximate surface area is 104 Å². The Morgan fingerprint density at radius 1 is 1.12 bits per heavy atom. The first kappa shape index (κ1) is 13.8. The summed E-state index contributed by atoms with van der Waals surface area (Å²) in [6.07, 6.45) is 3.29. The van der Waals surface area contributed by atoms with E-state index in [1.807, 2.05) is 18.7 Å². The van der Waals surface area contributed by atoms with E-state index in [1.54, 1.807) is 0 Å². The second kappa shape index (κ2) is 7.11. The van der Waals surface area contributed by atoms with Crippen molar-refractivity contribution in [3.8, 4) is 11.8 Å². The van der Waals surface area contributed by atoms with Crippen LogP contribution in [-0.2, 0) is 9.59 Å². The highest BCUT2D eigenvalue weighted by Crippen LogP contribution is 2.07. The van der Waals surface area contributed by atoms with E-state index in [-0.39, 0.29) is 17.6 Å². The van der Waals surface area contributed by atoms with Crippen molar-refractivity contribution < 1.29 is 9.59 Å². The van der Waals surface area contributed by atoms with Crippen molar-refractivity contribution in [3.63, 3.8) is 0 Å². The fourth-order valence-electron chi connectivity index (χ4n) is 1.76. The number of hydrogen-bond acceptors (Lipinski definition) is 2. The van der Waals surface area contributed by atoms with Crippen LogP contribution in [0.2, 0.25) is 0 Å². The molecule has 0 aromatic heterocycles. The molecule has 0 N–H and O–H groups in total. The van der Waals surface area contributed by atoms with Crippen LogP contribution in [0.25, 0.3) is 0 Å². The molecule has 1 aliphatic rings. The maximum absolute atomic E-state index is 11.9. The number of amides is 1. The Hall–Kier alpha value is -1.30. The molecule has 0 unspecified atom stereocenters. The summed E-state index contributed by atoms with van der Waals surface area (Å²) >= 11 is 0. The Kier molecular flexibility index (Phi) is 5.76. The van der Waals surface area contributed by atoms with Crippen LogP contribution in [0, 0.1) is 17.8 Å². The molecule has 3 heteroatoms. The van der Waals surface area contributed by atoms with E-state index in [4.69, 9.17) is 0 Å². The van der Waals surface area contributed by atoms with Crippen LogP contribution in [0.3, 0.4) is 0 Å². The monoisotopic (exact) mass is 235 g/mol. The van der Waals surface area contributed by atoms with Crippen LogP contribution < -0.4 is 0 Å². The van der Waals surface area contributed by atoms with Gasteiger partial charge in [0.2, 0.25) is 5.91 Å². The standard InChI is InChI=1S/C14H21NO2/c1-12(2)13(16)8-9-14(17)15-10-6-4-3-5-7-11-15/h12H,4,6-11H2,1-2H3. The highest BCUT2D eigenvalue weighted by Gasteiger charge is 2.16. The molecular formula is C14H21NO2. The summed E-state index contributed by atoms with van der Waals surface area (Å²) in [6, 6.07) is 0. The number of hydrogen-bond donors (Lipinski definition) is 0. The van der Waals surface area contributed by atoms with Gasteiger partial charge >= 0.3 is 0 Å². The zero-order valence-electron chi connectivity index (χ0n) is 10.8. The average molecular weight is 235 g/mol. The van der Waals surface area contributed by atoms with Gasteiger partial charge in [0.1, 0.15) is 5.78 Å². The van der Waals surface area contributed by atoms with E-state index < -0.39 is 0 Å². The van der Waals surface area contributed by atoms with Crippen LogP contribution in [0.1, 0.15) is 46.0 Å². The van der Waals surface area contributed by atoms with Gasteiger partial charge in [0.05, 0.1) is 0 Å². The zero-order valence-corrected chi connectivity index (χ0v) is 10.8. The number of nitrogens with zero attached hydrogens (tertiary/aromatic N) is 1. The summed E-state index contributed by atoms with van der Waals surface area (Å²) in [5.41, 5.74) is 0. The predicted octanol–water partition coefficient (Wildman–Crippen LogP) is 2.01. The quantitative estimate of drug-likeness (QED) is 0.699. The summed E-state index contributed by atoms with van der Waals surface area (Å²) in [6.45, 7) is 5.24. The third-order valence-electron chi connectivity index (χ3n) is 2.94. The van der Waals surface area contributed by atoms with E-state index in [1.165, 1.54) is 0 Å². The van der Waals surface area contributed by atoms with Crippen LogP contribution >= 0.6 is 0 Å². The highest BCUT2D eigenvalue weighted by atomic mass is 16.2. The number of rotatable bonds is 4. The van der Waals surface area contributed by atoms with Crippen molar-refractivity contribution >= 4 is 11.7 Å². The molecule has 1 amide bonds. The molecule has 1 rings (SSSR count). The molecule has 1 heterocycles. The molecule has 1 aliphatic heterocycles. The minimum atomic E-state index is 0.0287. The lowest BCUT2D eigenvalue weighted by atomic mass is 10.0. The van der Waals surface area contributed by atoms with Gasteiger partial charge in [-0.1, -0.05) is 13.8 Å². The molecule has 0 atom stereocenters.